The van der Waals surface area contributed by atoms with Crippen molar-refractivity contribution in [2.45, 2.75) is 13.3 Å². The molecule has 0 aromatic heterocycles. The van der Waals surface area contributed by atoms with Crippen molar-refractivity contribution in [1.82, 2.24) is 0 Å². The van der Waals surface area contributed by atoms with Crippen LogP contribution in [0.2, 0.25) is 0 Å². The lowest BCUT2D eigenvalue weighted by Gasteiger charge is -2.08. The summed E-state index contributed by atoms with van der Waals surface area (Å²) in [7, 11) is 0. The van der Waals surface area contributed by atoms with E-state index in [0.717, 1.165) is 6.42 Å². The van der Waals surface area contributed by atoms with Gasteiger partial charge >= 0.3 is 0 Å². The molecule has 0 spiro atoms. The molecule has 0 aliphatic carbocycles. The number of carbonyl (C=O) groups is 1. The van der Waals surface area contributed by atoms with Gasteiger partial charge in [-0.3, -0.25) is 4.79 Å². The number of nitrogens with two attached hydrogens (primary N) is 1. The highest BCUT2D eigenvalue weighted by Gasteiger charge is 2.09. The van der Waals surface area contributed by atoms with Crippen LogP contribution in [0.4, 0.5) is 0 Å². The first-order chi connectivity index (χ1) is 6.79. The molecular formula is C11H15NO2. The predicted molar refractivity (Wildman–Crippen MR) is 55.6 cm³/mol. The second-order valence-corrected chi connectivity index (χ2v) is 2.97. The third kappa shape index (κ3) is 2.57. The highest BCUT2D eigenvalue weighted by atomic mass is 16.5. The average Bonchev–Trinajstić information content (AvgIpc) is 2.25. The zero-order chi connectivity index (χ0) is 10.4. The predicted octanol–water partition coefficient (Wildman–Crippen LogP) is 1.62. The Hall–Kier alpha value is -1.35. The number of ketones is 1. The molecular weight excluding hydrogens is 178 g/mol. The van der Waals surface area contributed by atoms with Gasteiger partial charge in [0.1, 0.15) is 5.75 Å². The first-order valence-electron chi connectivity index (χ1n) is 4.74. The average molecular weight is 193 g/mol. The quantitative estimate of drug-likeness (QED) is 0.723. The number of hydrogen-bond donors (Lipinski definition) is 1. The Morgan fingerprint density at radius 1 is 1.43 bits per heavy atom. The van der Waals surface area contributed by atoms with Gasteiger partial charge in [-0.1, -0.05) is 19.1 Å². The molecule has 0 aliphatic rings. The number of ether oxygens (including phenoxy) is 1. The summed E-state index contributed by atoms with van der Waals surface area (Å²) in [5.41, 5.74) is 5.87. The van der Waals surface area contributed by atoms with Crippen molar-refractivity contribution >= 4 is 5.78 Å². The lowest BCUT2D eigenvalue weighted by atomic mass is 10.1. The summed E-state index contributed by atoms with van der Waals surface area (Å²) in [4.78, 5) is 11.4. The molecule has 1 aromatic rings. The fourth-order valence-corrected chi connectivity index (χ4v) is 1.14. The van der Waals surface area contributed by atoms with E-state index < -0.39 is 0 Å². The van der Waals surface area contributed by atoms with Gasteiger partial charge in [-0.2, -0.15) is 0 Å². The van der Waals surface area contributed by atoms with Crippen LogP contribution in [0.15, 0.2) is 24.3 Å². The third-order valence-electron chi connectivity index (χ3n) is 1.83. The van der Waals surface area contributed by atoms with Crippen molar-refractivity contribution in [1.29, 1.82) is 0 Å². The van der Waals surface area contributed by atoms with Gasteiger partial charge in [-0.15, -0.1) is 0 Å². The molecule has 1 aromatic carbocycles. The van der Waals surface area contributed by atoms with Crippen molar-refractivity contribution in [2.24, 2.45) is 5.73 Å². The van der Waals surface area contributed by atoms with Crippen LogP contribution in [0.25, 0.3) is 0 Å². The number of carbonyl (C=O) groups excluding carboxylic acids is 1. The van der Waals surface area contributed by atoms with E-state index in [1.165, 1.54) is 0 Å². The van der Waals surface area contributed by atoms with Crippen molar-refractivity contribution in [2.75, 3.05) is 13.2 Å². The molecule has 76 valence electrons. The van der Waals surface area contributed by atoms with E-state index in [1.807, 2.05) is 19.1 Å². The smallest absolute Gasteiger partial charge is 0.180 e. The van der Waals surface area contributed by atoms with Gasteiger partial charge in [0.05, 0.1) is 18.7 Å². The van der Waals surface area contributed by atoms with Crippen molar-refractivity contribution in [3.8, 4) is 5.75 Å². The Kier molecular flexibility index (Phi) is 4.13. The first-order valence-corrected chi connectivity index (χ1v) is 4.74. The topological polar surface area (TPSA) is 52.3 Å². The molecule has 2 N–H and O–H groups in total. The highest BCUT2D eigenvalue weighted by molar-refractivity contribution is 5.99. The van der Waals surface area contributed by atoms with Crippen LogP contribution in [0.3, 0.4) is 0 Å². The van der Waals surface area contributed by atoms with Crippen LogP contribution in [-0.4, -0.2) is 18.9 Å². The molecule has 0 unspecified atom stereocenters. The maximum absolute atomic E-state index is 11.4. The molecule has 1 rings (SSSR count). The maximum atomic E-state index is 11.4. The first kappa shape index (κ1) is 10.7. The van der Waals surface area contributed by atoms with Gasteiger partial charge in [0.15, 0.2) is 5.78 Å². The van der Waals surface area contributed by atoms with Crippen molar-refractivity contribution < 1.29 is 9.53 Å². The second kappa shape index (κ2) is 5.40. The van der Waals surface area contributed by atoms with Gasteiger partial charge in [-0.05, 0) is 18.6 Å². The number of Topliss-reactive ketones (excluding diaryl/α,β-unsaturated/α-hetero) is 1. The van der Waals surface area contributed by atoms with E-state index in [4.69, 9.17) is 10.5 Å². The SMILES string of the molecule is CCCOc1ccccc1C(=O)CN. The van der Waals surface area contributed by atoms with Gasteiger partial charge < -0.3 is 10.5 Å². The Bertz CT molecular complexity index is 310. The Morgan fingerprint density at radius 2 is 2.14 bits per heavy atom. The minimum absolute atomic E-state index is 0.0203. The Morgan fingerprint density at radius 3 is 2.79 bits per heavy atom. The summed E-state index contributed by atoms with van der Waals surface area (Å²) in [6.07, 6.45) is 0.922. The minimum atomic E-state index is -0.0864. The zero-order valence-electron chi connectivity index (χ0n) is 8.32. The van der Waals surface area contributed by atoms with Crippen LogP contribution in [-0.2, 0) is 0 Å². The van der Waals surface area contributed by atoms with Crippen LogP contribution >= 0.6 is 0 Å². The molecule has 3 nitrogen and oxygen atoms in total. The highest BCUT2D eigenvalue weighted by Crippen LogP contribution is 2.18. The minimum Gasteiger partial charge on any atom is -0.493 e. The number of hydrogen-bond acceptors (Lipinski definition) is 3. The van der Waals surface area contributed by atoms with E-state index in [-0.39, 0.29) is 12.3 Å². The van der Waals surface area contributed by atoms with E-state index in [1.54, 1.807) is 12.1 Å². The van der Waals surface area contributed by atoms with Gasteiger partial charge in [0, 0.05) is 0 Å². The molecule has 0 atom stereocenters. The number of para-hydroxylation sites is 1. The lowest BCUT2D eigenvalue weighted by Crippen LogP contribution is -2.15. The van der Waals surface area contributed by atoms with Crippen LogP contribution in [0.5, 0.6) is 5.75 Å². The standard InChI is InChI=1S/C11H15NO2/c1-2-7-14-11-6-4-3-5-9(11)10(13)8-12/h3-6H,2,7-8,12H2,1H3. The molecule has 0 saturated carbocycles. The second-order valence-electron chi connectivity index (χ2n) is 2.97. The van der Waals surface area contributed by atoms with E-state index in [9.17, 15) is 4.79 Å². The van der Waals surface area contributed by atoms with Crippen LogP contribution in [0.1, 0.15) is 23.7 Å². The van der Waals surface area contributed by atoms with E-state index >= 15 is 0 Å². The zero-order valence-corrected chi connectivity index (χ0v) is 8.32. The van der Waals surface area contributed by atoms with Crippen molar-refractivity contribution in [3.63, 3.8) is 0 Å². The fraction of sp³-hybridized carbons (Fsp3) is 0.364. The normalized spacial score (nSPS) is 9.86. The van der Waals surface area contributed by atoms with Crippen molar-refractivity contribution in [3.05, 3.63) is 29.8 Å². The molecule has 14 heavy (non-hydrogen) atoms. The van der Waals surface area contributed by atoms with Crippen LogP contribution < -0.4 is 10.5 Å². The summed E-state index contributed by atoms with van der Waals surface area (Å²) < 4.78 is 5.43. The lowest BCUT2D eigenvalue weighted by molar-refractivity contribution is 0.0997. The molecule has 0 fully saturated rings. The molecule has 0 radical (unpaired) electrons. The van der Waals surface area contributed by atoms with Crippen LogP contribution in [0, 0.1) is 0 Å². The number of rotatable bonds is 5. The molecule has 0 saturated heterocycles. The largest absolute Gasteiger partial charge is 0.493 e. The van der Waals surface area contributed by atoms with E-state index in [0.29, 0.717) is 17.9 Å². The Labute approximate surface area is 83.9 Å². The molecule has 0 amide bonds. The molecule has 3 heteroatoms. The number of benzene rings is 1. The van der Waals surface area contributed by atoms with E-state index in [2.05, 4.69) is 0 Å². The molecule has 0 aliphatic heterocycles. The van der Waals surface area contributed by atoms with Gasteiger partial charge in [0.25, 0.3) is 0 Å². The molecule has 0 heterocycles. The summed E-state index contributed by atoms with van der Waals surface area (Å²) in [5.74, 6) is 0.543. The summed E-state index contributed by atoms with van der Waals surface area (Å²) in [6.45, 7) is 2.66. The van der Waals surface area contributed by atoms with Gasteiger partial charge in [-0.25, -0.2) is 0 Å². The maximum Gasteiger partial charge on any atom is 0.180 e. The summed E-state index contributed by atoms with van der Waals surface area (Å²) in [5, 5.41) is 0. The summed E-state index contributed by atoms with van der Waals surface area (Å²) >= 11 is 0. The Balaban J connectivity index is 2.85. The molecule has 0 bridgehead atoms. The fourth-order valence-electron chi connectivity index (χ4n) is 1.14. The van der Waals surface area contributed by atoms with Gasteiger partial charge in [0.2, 0.25) is 0 Å². The summed E-state index contributed by atoms with van der Waals surface area (Å²) in [6, 6.07) is 7.18. The monoisotopic (exact) mass is 193 g/mol. The third-order valence-corrected chi connectivity index (χ3v) is 1.83.